The summed E-state index contributed by atoms with van der Waals surface area (Å²) in [4.78, 5) is 11.2. The molecule has 6 heteroatoms. The molecule has 0 heterocycles. The molecule has 0 aliphatic rings. The van der Waals surface area contributed by atoms with Crippen LogP contribution in [0.1, 0.15) is 53.6 Å². The van der Waals surface area contributed by atoms with Gasteiger partial charge in [-0.25, -0.2) is 4.79 Å². The first kappa shape index (κ1) is 20.5. The molecule has 136 valence electrons. The minimum Gasteiger partial charge on any atom is -0.479 e. The Morgan fingerprint density at radius 1 is 0.875 bits per heavy atom. The van der Waals surface area contributed by atoms with Crippen LogP contribution in [0.3, 0.4) is 0 Å². The monoisotopic (exact) mass is 346 g/mol. The fourth-order valence-corrected chi connectivity index (χ4v) is 3.54. The minimum atomic E-state index is -5.26. The van der Waals surface area contributed by atoms with Crippen LogP contribution in [0.4, 0.5) is 13.2 Å². The van der Waals surface area contributed by atoms with Crippen LogP contribution in [0.5, 0.6) is 0 Å². The number of rotatable bonds is 4. The van der Waals surface area contributed by atoms with Crippen molar-refractivity contribution < 1.29 is 28.2 Å². The molecule has 0 bridgehead atoms. The molecule has 24 heavy (non-hydrogen) atoms. The van der Waals surface area contributed by atoms with E-state index in [4.69, 9.17) is 5.11 Å². The molecule has 1 aromatic rings. The quantitative estimate of drug-likeness (QED) is 0.856. The molecular formula is C18H25F3O3. The summed E-state index contributed by atoms with van der Waals surface area (Å²) in [5, 5.41) is 18.9. The number of halogens is 3. The lowest BCUT2D eigenvalue weighted by atomic mass is 9.70. The predicted molar refractivity (Wildman–Crippen MR) is 86.4 cm³/mol. The molecule has 1 unspecified atom stereocenters. The van der Waals surface area contributed by atoms with Crippen LogP contribution in [0.25, 0.3) is 0 Å². The molecule has 0 fully saturated rings. The Morgan fingerprint density at radius 3 is 1.50 bits per heavy atom. The Balaban J connectivity index is 3.60. The molecule has 3 nitrogen and oxygen atoms in total. The number of alkyl halides is 3. The second-order valence-electron chi connectivity index (χ2n) is 7.22. The van der Waals surface area contributed by atoms with E-state index in [-0.39, 0.29) is 0 Å². The number of carbonyl (C=O) groups is 1. The first-order chi connectivity index (χ1) is 10.6. The molecule has 1 aromatic carbocycles. The number of carboxylic acid groups (broad SMARTS) is 1. The fraction of sp³-hybridized carbons (Fsp3) is 0.611. The second kappa shape index (κ2) is 6.06. The topological polar surface area (TPSA) is 57.5 Å². The van der Waals surface area contributed by atoms with Crippen molar-refractivity contribution in [3.63, 3.8) is 0 Å². The van der Waals surface area contributed by atoms with E-state index in [0.717, 1.165) is 27.8 Å². The third kappa shape index (κ3) is 3.16. The normalized spacial score (nSPS) is 15.3. The highest BCUT2D eigenvalue weighted by Crippen LogP contribution is 2.44. The van der Waals surface area contributed by atoms with Crippen LogP contribution in [-0.4, -0.2) is 28.0 Å². The van der Waals surface area contributed by atoms with Gasteiger partial charge in [-0.1, -0.05) is 13.8 Å². The lowest BCUT2D eigenvalue weighted by Crippen LogP contribution is -2.55. The molecular weight excluding hydrogens is 321 g/mol. The molecule has 2 N–H and O–H groups in total. The van der Waals surface area contributed by atoms with Gasteiger partial charge in [-0.3, -0.25) is 0 Å². The van der Waals surface area contributed by atoms with Gasteiger partial charge < -0.3 is 10.2 Å². The summed E-state index contributed by atoms with van der Waals surface area (Å²) in [6.45, 7) is 12.4. The van der Waals surface area contributed by atoms with Gasteiger partial charge in [-0.2, -0.15) is 13.2 Å². The summed E-state index contributed by atoms with van der Waals surface area (Å²) in [7, 11) is 0. The van der Waals surface area contributed by atoms with E-state index < -0.39 is 29.6 Å². The third-order valence-corrected chi connectivity index (χ3v) is 5.20. The van der Waals surface area contributed by atoms with Gasteiger partial charge in [-0.15, -0.1) is 0 Å². The van der Waals surface area contributed by atoms with Crippen molar-refractivity contribution in [2.24, 2.45) is 0 Å². The van der Waals surface area contributed by atoms with Crippen molar-refractivity contribution in [1.29, 1.82) is 0 Å². The summed E-state index contributed by atoms with van der Waals surface area (Å²) in [6, 6.07) is 0. The Hall–Kier alpha value is -1.56. The maximum Gasteiger partial charge on any atom is 0.428 e. The van der Waals surface area contributed by atoms with Gasteiger partial charge in [0.25, 0.3) is 5.60 Å². The van der Waals surface area contributed by atoms with Crippen LogP contribution in [-0.2, 0) is 10.2 Å². The molecule has 0 aliphatic heterocycles. The number of benzene rings is 1. The van der Waals surface area contributed by atoms with Crippen molar-refractivity contribution in [3.8, 4) is 0 Å². The van der Waals surface area contributed by atoms with E-state index in [1.165, 1.54) is 13.8 Å². The summed E-state index contributed by atoms with van der Waals surface area (Å²) in [5.74, 6) is -2.28. The number of hydrogen-bond donors (Lipinski definition) is 2. The van der Waals surface area contributed by atoms with Crippen molar-refractivity contribution >= 4 is 5.97 Å². The summed E-state index contributed by atoms with van der Waals surface area (Å²) < 4.78 is 39.6. The molecule has 0 radical (unpaired) electrons. The number of aliphatic hydroxyl groups is 1. The first-order valence-electron chi connectivity index (χ1n) is 7.68. The van der Waals surface area contributed by atoms with Gasteiger partial charge in [0.15, 0.2) is 0 Å². The van der Waals surface area contributed by atoms with Gasteiger partial charge >= 0.3 is 12.1 Å². The van der Waals surface area contributed by atoms with Crippen LogP contribution in [0.2, 0.25) is 0 Å². The van der Waals surface area contributed by atoms with Crippen molar-refractivity contribution in [3.05, 3.63) is 33.4 Å². The Labute approximate surface area is 140 Å². The molecule has 1 atom stereocenters. The number of hydrogen-bond acceptors (Lipinski definition) is 2. The molecule has 0 saturated heterocycles. The zero-order chi connectivity index (χ0) is 19.2. The van der Waals surface area contributed by atoms with E-state index in [0.29, 0.717) is 5.56 Å². The maximum absolute atomic E-state index is 13.2. The zero-order valence-electron chi connectivity index (χ0n) is 15.1. The van der Waals surface area contributed by atoms with Crippen molar-refractivity contribution in [1.82, 2.24) is 0 Å². The Bertz CT molecular complexity index is 646. The predicted octanol–water partition coefficient (Wildman–Crippen LogP) is 4.27. The lowest BCUT2D eigenvalue weighted by Gasteiger charge is -2.37. The van der Waals surface area contributed by atoms with E-state index in [2.05, 4.69) is 0 Å². The van der Waals surface area contributed by atoms with Gasteiger partial charge in [-0.05, 0) is 73.4 Å². The average molecular weight is 346 g/mol. The summed E-state index contributed by atoms with van der Waals surface area (Å²) in [5.41, 5.74) is 0.341. The average Bonchev–Trinajstić information content (AvgIpc) is 2.40. The standard InChI is InChI=1S/C18H25F3O3/c1-9-10(2)12(4)14(13(5)11(9)3)16(6,7)8-17(24,15(22)23)18(19,20)21/h24H,8H2,1-7H3,(H,22,23). The highest BCUT2D eigenvalue weighted by Gasteiger charge is 2.62. The maximum atomic E-state index is 13.2. The van der Waals surface area contributed by atoms with Crippen LogP contribution in [0, 0.1) is 34.6 Å². The number of aliphatic carboxylic acids is 1. The second-order valence-corrected chi connectivity index (χ2v) is 7.22. The van der Waals surface area contributed by atoms with E-state index in [1.807, 2.05) is 34.6 Å². The van der Waals surface area contributed by atoms with Crippen molar-refractivity contribution in [2.75, 3.05) is 0 Å². The van der Waals surface area contributed by atoms with Crippen molar-refractivity contribution in [2.45, 2.75) is 72.1 Å². The lowest BCUT2D eigenvalue weighted by molar-refractivity contribution is -0.265. The van der Waals surface area contributed by atoms with Gasteiger partial charge in [0.05, 0.1) is 0 Å². The first-order valence-corrected chi connectivity index (χ1v) is 7.68. The highest BCUT2D eigenvalue weighted by atomic mass is 19.4. The molecule has 0 saturated carbocycles. The zero-order valence-corrected chi connectivity index (χ0v) is 15.1. The largest absolute Gasteiger partial charge is 0.479 e. The molecule has 0 aliphatic carbocycles. The molecule has 1 rings (SSSR count). The van der Waals surface area contributed by atoms with E-state index >= 15 is 0 Å². The van der Waals surface area contributed by atoms with Gasteiger partial charge in [0.1, 0.15) is 0 Å². The Morgan fingerprint density at radius 2 is 1.21 bits per heavy atom. The van der Waals surface area contributed by atoms with Gasteiger partial charge in [0.2, 0.25) is 0 Å². The van der Waals surface area contributed by atoms with Crippen LogP contribution >= 0.6 is 0 Å². The SMILES string of the molecule is Cc1c(C)c(C)c(C(C)(C)CC(O)(C(=O)O)C(F)(F)F)c(C)c1C. The molecule has 0 amide bonds. The number of carboxylic acids is 1. The van der Waals surface area contributed by atoms with E-state index in [9.17, 15) is 23.1 Å². The van der Waals surface area contributed by atoms with Crippen LogP contribution < -0.4 is 0 Å². The van der Waals surface area contributed by atoms with Gasteiger partial charge in [0, 0.05) is 6.42 Å². The smallest absolute Gasteiger partial charge is 0.428 e. The molecule has 0 aromatic heterocycles. The fourth-order valence-electron chi connectivity index (χ4n) is 3.54. The summed E-state index contributed by atoms with van der Waals surface area (Å²) >= 11 is 0. The third-order valence-electron chi connectivity index (χ3n) is 5.20. The Kier molecular flexibility index (Phi) is 5.17. The van der Waals surface area contributed by atoms with Crippen LogP contribution in [0.15, 0.2) is 0 Å². The van der Waals surface area contributed by atoms with E-state index in [1.54, 1.807) is 0 Å². The minimum absolute atomic E-state index is 0.659. The highest BCUT2D eigenvalue weighted by molar-refractivity contribution is 5.78. The summed E-state index contributed by atoms with van der Waals surface area (Å²) in [6.07, 6.45) is -6.21. The molecule has 0 spiro atoms.